The molecule has 210 valence electrons. The van der Waals surface area contributed by atoms with Crippen molar-refractivity contribution in [1.82, 2.24) is 14.9 Å². The third-order valence-electron chi connectivity index (χ3n) is 7.24. The molecular formula is C32H39N5O2S. The van der Waals surface area contributed by atoms with Crippen molar-refractivity contribution >= 4 is 33.0 Å². The average Bonchev–Trinajstić information content (AvgIpc) is 3.17. The Balaban J connectivity index is 1.79. The fourth-order valence-corrected chi connectivity index (χ4v) is 6.49. The summed E-state index contributed by atoms with van der Waals surface area (Å²) >= 11 is 0. The van der Waals surface area contributed by atoms with Crippen molar-refractivity contribution in [2.45, 2.75) is 32.2 Å². The summed E-state index contributed by atoms with van der Waals surface area (Å²) in [5.41, 5.74) is 5.47. The van der Waals surface area contributed by atoms with Gasteiger partial charge in [0, 0.05) is 73.7 Å². The van der Waals surface area contributed by atoms with Crippen LogP contribution in [0.5, 0.6) is 0 Å². The predicted octanol–water partition coefficient (Wildman–Crippen LogP) is 6.03. The first kappa shape index (κ1) is 29.2. The summed E-state index contributed by atoms with van der Waals surface area (Å²) in [5, 5.41) is 3.69. The number of hydrogen-bond donors (Lipinski definition) is 1. The smallest absolute Gasteiger partial charge is 0.171 e. The van der Waals surface area contributed by atoms with Crippen LogP contribution in [0.25, 0.3) is 22.5 Å². The number of rotatable bonds is 10. The van der Waals surface area contributed by atoms with Gasteiger partial charge in [0.25, 0.3) is 0 Å². The zero-order chi connectivity index (χ0) is 29.0. The molecule has 2 aromatic rings. The van der Waals surface area contributed by atoms with Crippen molar-refractivity contribution in [3.8, 4) is 11.4 Å². The molecule has 1 aromatic carbocycles. The van der Waals surface area contributed by atoms with E-state index < -0.39 is 9.84 Å². The first-order valence-corrected chi connectivity index (χ1v) is 15.3. The number of allylic oxidation sites excluding steroid dienone is 6. The number of sulfone groups is 1. The summed E-state index contributed by atoms with van der Waals surface area (Å²) in [6.07, 6.45) is 15.2. The van der Waals surface area contributed by atoms with Crippen LogP contribution >= 0.6 is 0 Å². The molecule has 4 rings (SSSR count). The van der Waals surface area contributed by atoms with E-state index in [1.165, 1.54) is 6.26 Å². The molecule has 1 fully saturated rings. The third kappa shape index (κ3) is 6.86. The van der Waals surface area contributed by atoms with Gasteiger partial charge in [-0.1, -0.05) is 55.2 Å². The molecule has 2 aliphatic carbocycles. The van der Waals surface area contributed by atoms with E-state index in [4.69, 9.17) is 9.97 Å². The second-order valence-electron chi connectivity index (χ2n) is 11.0. The summed E-state index contributed by atoms with van der Waals surface area (Å²) in [6, 6.07) is 8.18. The minimum absolute atomic E-state index is 0.0668. The molecule has 7 nitrogen and oxygen atoms in total. The fraction of sp³-hybridized carbons (Fsp3) is 0.344. The Morgan fingerprint density at radius 2 is 2.00 bits per heavy atom. The van der Waals surface area contributed by atoms with Crippen molar-refractivity contribution in [2.75, 3.05) is 32.7 Å². The highest BCUT2D eigenvalue weighted by Gasteiger charge is 2.39. The highest BCUT2D eigenvalue weighted by molar-refractivity contribution is 7.94. The second-order valence-corrected chi connectivity index (χ2v) is 13.1. The van der Waals surface area contributed by atoms with E-state index in [9.17, 15) is 8.42 Å². The molecule has 3 unspecified atom stereocenters. The van der Waals surface area contributed by atoms with Crippen LogP contribution in [0.2, 0.25) is 0 Å². The maximum atomic E-state index is 12.3. The van der Waals surface area contributed by atoms with Crippen molar-refractivity contribution in [1.29, 1.82) is 0 Å². The minimum atomic E-state index is -3.20. The predicted molar refractivity (Wildman–Crippen MR) is 168 cm³/mol. The van der Waals surface area contributed by atoms with E-state index in [2.05, 4.69) is 29.5 Å². The van der Waals surface area contributed by atoms with Crippen molar-refractivity contribution in [2.24, 2.45) is 16.8 Å². The molecule has 1 N–H and O–H groups in total. The standard InChI is InChI=1S/C32H39N5O2S/c1-8-23(20-37(5)6)24-10-9-11-25(16-24)31-34-19-29(27(18-33-4)12-21(2)3)32(36-31)35-30-15-22-13-26(30)17-28(14-22)40(7,38)39/h8-12,16-20,22,26,30H,1-2,13-15H2,3-7H3,(H,34,35,36)/b23-20+,27-12+,33-18?. The van der Waals surface area contributed by atoms with Gasteiger partial charge < -0.3 is 10.2 Å². The maximum Gasteiger partial charge on any atom is 0.171 e. The Morgan fingerprint density at radius 1 is 1.23 bits per heavy atom. The van der Waals surface area contributed by atoms with Crippen LogP contribution in [-0.4, -0.2) is 62.9 Å². The van der Waals surface area contributed by atoms with E-state index in [0.29, 0.717) is 28.9 Å². The first-order valence-electron chi connectivity index (χ1n) is 13.4. The molecule has 0 aliphatic heterocycles. The number of hydrogen-bond acceptors (Lipinski definition) is 7. The topological polar surface area (TPSA) is 87.5 Å². The Bertz CT molecular complexity index is 1530. The molecule has 1 saturated carbocycles. The molecular weight excluding hydrogens is 518 g/mol. The van der Waals surface area contributed by atoms with Crippen LogP contribution in [-0.2, 0) is 9.84 Å². The zero-order valence-electron chi connectivity index (χ0n) is 24.1. The summed E-state index contributed by atoms with van der Waals surface area (Å²) < 4.78 is 24.6. The van der Waals surface area contributed by atoms with E-state index in [1.807, 2.05) is 74.7 Å². The quantitative estimate of drug-likeness (QED) is 0.283. The van der Waals surface area contributed by atoms with Crippen LogP contribution < -0.4 is 5.32 Å². The van der Waals surface area contributed by atoms with Gasteiger partial charge in [-0.2, -0.15) is 0 Å². The highest BCUT2D eigenvalue weighted by atomic mass is 32.2. The van der Waals surface area contributed by atoms with Gasteiger partial charge in [-0.05, 0) is 55.2 Å². The largest absolute Gasteiger partial charge is 0.383 e. The summed E-state index contributed by atoms with van der Waals surface area (Å²) in [7, 11) is 2.50. The molecule has 8 heteroatoms. The Kier molecular flexibility index (Phi) is 8.88. The lowest BCUT2D eigenvalue weighted by Gasteiger charge is -2.22. The molecule has 0 amide bonds. The third-order valence-corrected chi connectivity index (χ3v) is 8.49. The Labute approximate surface area is 238 Å². The van der Waals surface area contributed by atoms with E-state index >= 15 is 0 Å². The number of nitrogens with one attached hydrogen (secondary N) is 1. The van der Waals surface area contributed by atoms with Crippen LogP contribution in [0.15, 0.2) is 83.5 Å². The number of benzene rings is 1. The van der Waals surface area contributed by atoms with Crippen molar-refractivity contribution < 1.29 is 8.42 Å². The molecule has 3 atom stereocenters. The lowest BCUT2D eigenvalue weighted by molar-refractivity contribution is 0.507. The number of anilines is 1. The van der Waals surface area contributed by atoms with Crippen LogP contribution in [0.1, 0.15) is 37.3 Å². The van der Waals surface area contributed by atoms with E-state index in [0.717, 1.165) is 46.3 Å². The van der Waals surface area contributed by atoms with Gasteiger partial charge >= 0.3 is 0 Å². The van der Waals surface area contributed by atoms with Gasteiger partial charge in [0.15, 0.2) is 15.7 Å². The summed E-state index contributed by atoms with van der Waals surface area (Å²) in [4.78, 5) is 16.6. The SMILES string of the molecule is C=C/C(=C\N(C)C)c1cccc(-c2ncc(/C(C=NC)=C/C(=C)C)c(NC3CC4CC(S(C)(=O)=O)=CC3C4)n2)c1. The maximum absolute atomic E-state index is 12.3. The lowest BCUT2D eigenvalue weighted by Crippen LogP contribution is -2.24. The number of nitrogens with zero attached hydrogens (tertiary/aromatic N) is 4. The van der Waals surface area contributed by atoms with Gasteiger partial charge in [0.2, 0.25) is 0 Å². The molecule has 40 heavy (non-hydrogen) atoms. The molecule has 2 aliphatic rings. The molecule has 0 radical (unpaired) electrons. The van der Waals surface area contributed by atoms with Crippen molar-refractivity contribution in [3.05, 3.63) is 89.7 Å². The second kappa shape index (κ2) is 12.2. The van der Waals surface area contributed by atoms with Gasteiger partial charge in [0.1, 0.15) is 5.82 Å². The number of fused-ring (bicyclic) bond motifs is 2. The molecule has 2 bridgehead atoms. The molecule has 1 aromatic heterocycles. The van der Waals surface area contributed by atoms with Crippen molar-refractivity contribution in [3.63, 3.8) is 0 Å². The molecule has 1 heterocycles. The summed E-state index contributed by atoms with van der Waals surface area (Å²) in [6.45, 7) is 9.97. The Morgan fingerprint density at radius 3 is 2.65 bits per heavy atom. The Hall–Kier alpha value is -3.78. The minimum Gasteiger partial charge on any atom is -0.383 e. The van der Waals surface area contributed by atoms with Gasteiger partial charge in [0.05, 0.1) is 0 Å². The molecule has 0 spiro atoms. The highest BCUT2D eigenvalue weighted by Crippen LogP contribution is 2.44. The zero-order valence-corrected chi connectivity index (χ0v) is 24.9. The van der Waals surface area contributed by atoms with Crippen LogP contribution in [0, 0.1) is 11.8 Å². The van der Waals surface area contributed by atoms with E-state index in [-0.39, 0.29) is 12.0 Å². The first-order chi connectivity index (χ1) is 19.0. The van der Waals surface area contributed by atoms with Crippen LogP contribution in [0.4, 0.5) is 5.82 Å². The summed E-state index contributed by atoms with van der Waals surface area (Å²) in [5.74, 6) is 1.75. The fourth-order valence-electron chi connectivity index (χ4n) is 5.53. The van der Waals surface area contributed by atoms with Gasteiger partial charge in [-0.15, -0.1) is 0 Å². The monoisotopic (exact) mass is 557 g/mol. The normalized spacial score (nSPS) is 21.3. The lowest BCUT2D eigenvalue weighted by atomic mass is 9.95. The number of aromatic nitrogens is 2. The van der Waals surface area contributed by atoms with Crippen LogP contribution in [0.3, 0.4) is 0 Å². The van der Waals surface area contributed by atoms with E-state index in [1.54, 1.807) is 13.3 Å². The number of aliphatic imine (C=N–C) groups is 1. The average molecular weight is 558 g/mol. The van der Waals surface area contributed by atoms with Gasteiger partial charge in [-0.3, -0.25) is 4.99 Å². The van der Waals surface area contributed by atoms with Gasteiger partial charge in [-0.25, -0.2) is 18.4 Å². The molecule has 0 saturated heterocycles.